The van der Waals surface area contributed by atoms with Crippen molar-refractivity contribution in [3.63, 3.8) is 0 Å². The second kappa shape index (κ2) is 7.29. The van der Waals surface area contributed by atoms with Gasteiger partial charge in [0.1, 0.15) is 5.75 Å². The molecule has 0 aromatic heterocycles. The van der Waals surface area contributed by atoms with Crippen LogP contribution in [-0.2, 0) is 11.3 Å². The SMILES string of the molecule is CC(C)NCc1cccc(OC2CCCCNC2=O)c1. The zero-order chi connectivity index (χ0) is 14.4. The highest BCUT2D eigenvalue weighted by Gasteiger charge is 2.22. The summed E-state index contributed by atoms with van der Waals surface area (Å²) in [7, 11) is 0. The minimum atomic E-state index is -0.356. The summed E-state index contributed by atoms with van der Waals surface area (Å²) in [5.74, 6) is 0.781. The lowest BCUT2D eigenvalue weighted by molar-refractivity contribution is -0.127. The molecule has 1 atom stereocenters. The van der Waals surface area contributed by atoms with Crippen LogP contribution >= 0.6 is 0 Å². The molecular formula is C16H24N2O2. The molecule has 20 heavy (non-hydrogen) atoms. The number of ether oxygens (including phenoxy) is 1. The molecule has 110 valence electrons. The Balaban J connectivity index is 1.97. The van der Waals surface area contributed by atoms with Crippen molar-refractivity contribution in [1.29, 1.82) is 0 Å². The molecule has 1 fully saturated rings. The number of hydrogen-bond acceptors (Lipinski definition) is 3. The molecule has 0 spiro atoms. The zero-order valence-corrected chi connectivity index (χ0v) is 12.3. The zero-order valence-electron chi connectivity index (χ0n) is 12.3. The van der Waals surface area contributed by atoms with Gasteiger partial charge in [0, 0.05) is 19.1 Å². The second-order valence-electron chi connectivity index (χ2n) is 5.58. The first-order valence-electron chi connectivity index (χ1n) is 7.42. The van der Waals surface area contributed by atoms with Gasteiger partial charge in [-0.1, -0.05) is 26.0 Å². The maximum absolute atomic E-state index is 11.9. The van der Waals surface area contributed by atoms with E-state index in [1.807, 2.05) is 18.2 Å². The van der Waals surface area contributed by atoms with Gasteiger partial charge in [-0.2, -0.15) is 0 Å². The van der Waals surface area contributed by atoms with E-state index < -0.39 is 0 Å². The molecule has 0 saturated carbocycles. The first-order valence-corrected chi connectivity index (χ1v) is 7.42. The fraction of sp³-hybridized carbons (Fsp3) is 0.562. The van der Waals surface area contributed by atoms with Crippen LogP contribution in [0.1, 0.15) is 38.7 Å². The van der Waals surface area contributed by atoms with Crippen molar-refractivity contribution in [3.8, 4) is 5.75 Å². The van der Waals surface area contributed by atoms with E-state index in [1.165, 1.54) is 5.56 Å². The van der Waals surface area contributed by atoms with Crippen LogP contribution in [0.15, 0.2) is 24.3 Å². The Hall–Kier alpha value is -1.55. The van der Waals surface area contributed by atoms with Crippen LogP contribution in [0.2, 0.25) is 0 Å². The van der Waals surface area contributed by atoms with Crippen molar-refractivity contribution in [1.82, 2.24) is 10.6 Å². The van der Waals surface area contributed by atoms with Crippen molar-refractivity contribution in [2.75, 3.05) is 6.54 Å². The van der Waals surface area contributed by atoms with Gasteiger partial charge >= 0.3 is 0 Å². The Labute approximate surface area is 120 Å². The lowest BCUT2D eigenvalue weighted by atomic mass is 10.1. The molecular weight excluding hydrogens is 252 g/mol. The minimum absolute atomic E-state index is 0.00760. The lowest BCUT2D eigenvalue weighted by Crippen LogP contribution is -2.36. The number of carbonyl (C=O) groups excluding carboxylic acids is 1. The molecule has 4 nitrogen and oxygen atoms in total. The van der Waals surface area contributed by atoms with Crippen LogP contribution in [0, 0.1) is 0 Å². The van der Waals surface area contributed by atoms with Gasteiger partial charge in [0.15, 0.2) is 6.10 Å². The largest absolute Gasteiger partial charge is 0.481 e. The molecule has 1 aliphatic rings. The molecule has 2 rings (SSSR count). The standard InChI is InChI=1S/C16H24N2O2/c1-12(2)18-11-13-6-5-7-14(10-13)20-15-8-3-4-9-17-16(15)19/h5-7,10,12,15,18H,3-4,8-9,11H2,1-2H3,(H,17,19). The van der Waals surface area contributed by atoms with Crippen LogP contribution in [0.5, 0.6) is 5.75 Å². The molecule has 1 aromatic rings. The lowest BCUT2D eigenvalue weighted by Gasteiger charge is -2.16. The quantitative estimate of drug-likeness (QED) is 0.867. The van der Waals surface area contributed by atoms with E-state index in [0.29, 0.717) is 6.04 Å². The van der Waals surface area contributed by atoms with Crippen molar-refractivity contribution in [2.45, 2.75) is 51.8 Å². The number of carbonyl (C=O) groups is 1. The molecule has 1 heterocycles. The molecule has 1 aromatic carbocycles. The summed E-state index contributed by atoms with van der Waals surface area (Å²) >= 11 is 0. The summed E-state index contributed by atoms with van der Waals surface area (Å²) in [4.78, 5) is 11.9. The average Bonchev–Trinajstić information content (AvgIpc) is 2.62. The molecule has 1 saturated heterocycles. The highest BCUT2D eigenvalue weighted by atomic mass is 16.5. The predicted molar refractivity (Wildman–Crippen MR) is 79.7 cm³/mol. The minimum Gasteiger partial charge on any atom is -0.481 e. The van der Waals surface area contributed by atoms with E-state index in [-0.39, 0.29) is 12.0 Å². The number of hydrogen-bond donors (Lipinski definition) is 2. The van der Waals surface area contributed by atoms with Gasteiger partial charge in [-0.05, 0) is 37.0 Å². The highest BCUT2D eigenvalue weighted by molar-refractivity contribution is 5.81. The van der Waals surface area contributed by atoms with Gasteiger partial charge in [0.05, 0.1) is 0 Å². The van der Waals surface area contributed by atoms with E-state index >= 15 is 0 Å². The van der Waals surface area contributed by atoms with Crippen LogP contribution < -0.4 is 15.4 Å². The Kier molecular flexibility index (Phi) is 5.41. The van der Waals surface area contributed by atoms with Crippen molar-refractivity contribution in [2.24, 2.45) is 0 Å². The number of benzene rings is 1. The summed E-state index contributed by atoms with van der Waals surface area (Å²) < 4.78 is 5.86. The van der Waals surface area contributed by atoms with Gasteiger partial charge in [0.25, 0.3) is 5.91 Å². The Bertz CT molecular complexity index is 446. The first kappa shape index (κ1) is 14.9. The summed E-state index contributed by atoms with van der Waals surface area (Å²) in [6.45, 7) is 5.81. The Morgan fingerprint density at radius 1 is 1.40 bits per heavy atom. The number of amides is 1. The maximum Gasteiger partial charge on any atom is 0.261 e. The van der Waals surface area contributed by atoms with Crippen molar-refractivity contribution in [3.05, 3.63) is 29.8 Å². The third-order valence-corrected chi connectivity index (χ3v) is 3.38. The van der Waals surface area contributed by atoms with Crippen LogP contribution in [-0.4, -0.2) is 24.6 Å². The fourth-order valence-electron chi connectivity index (χ4n) is 2.24. The maximum atomic E-state index is 11.9. The Morgan fingerprint density at radius 2 is 2.25 bits per heavy atom. The summed E-state index contributed by atoms with van der Waals surface area (Å²) in [6, 6.07) is 8.41. The van der Waals surface area contributed by atoms with Crippen molar-refractivity contribution < 1.29 is 9.53 Å². The monoisotopic (exact) mass is 276 g/mol. The van der Waals surface area contributed by atoms with Gasteiger partial charge in [-0.3, -0.25) is 4.79 Å². The topological polar surface area (TPSA) is 50.4 Å². The molecule has 4 heteroatoms. The fourth-order valence-corrected chi connectivity index (χ4v) is 2.24. The predicted octanol–water partition coefficient (Wildman–Crippen LogP) is 2.23. The van der Waals surface area contributed by atoms with Gasteiger partial charge in [-0.25, -0.2) is 0 Å². The normalized spacial score (nSPS) is 19.6. The van der Waals surface area contributed by atoms with E-state index in [9.17, 15) is 4.79 Å². The third-order valence-electron chi connectivity index (χ3n) is 3.38. The third kappa shape index (κ3) is 4.53. The summed E-state index contributed by atoms with van der Waals surface area (Å²) in [5.41, 5.74) is 1.17. The van der Waals surface area contributed by atoms with E-state index in [2.05, 4.69) is 30.5 Å². The van der Waals surface area contributed by atoms with Gasteiger partial charge in [0.2, 0.25) is 0 Å². The molecule has 0 bridgehead atoms. The van der Waals surface area contributed by atoms with Crippen LogP contribution in [0.25, 0.3) is 0 Å². The highest BCUT2D eigenvalue weighted by Crippen LogP contribution is 2.18. The van der Waals surface area contributed by atoms with E-state index in [1.54, 1.807) is 0 Å². The van der Waals surface area contributed by atoms with Gasteiger partial charge in [-0.15, -0.1) is 0 Å². The molecule has 0 radical (unpaired) electrons. The molecule has 1 aliphatic heterocycles. The summed E-state index contributed by atoms with van der Waals surface area (Å²) in [5, 5.41) is 6.27. The van der Waals surface area contributed by atoms with Crippen LogP contribution in [0.3, 0.4) is 0 Å². The molecule has 1 amide bonds. The smallest absolute Gasteiger partial charge is 0.261 e. The summed E-state index contributed by atoms with van der Waals surface area (Å²) in [6.07, 6.45) is 2.49. The average molecular weight is 276 g/mol. The van der Waals surface area contributed by atoms with E-state index in [4.69, 9.17) is 4.74 Å². The molecule has 0 aliphatic carbocycles. The molecule has 1 unspecified atom stereocenters. The first-order chi connectivity index (χ1) is 9.65. The van der Waals surface area contributed by atoms with Crippen LogP contribution in [0.4, 0.5) is 0 Å². The number of nitrogens with one attached hydrogen (secondary N) is 2. The second-order valence-corrected chi connectivity index (χ2v) is 5.58. The van der Waals surface area contributed by atoms with E-state index in [0.717, 1.165) is 38.1 Å². The number of rotatable bonds is 5. The molecule has 2 N–H and O–H groups in total. The van der Waals surface area contributed by atoms with Crippen molar-refractivity contribution >= 4 is 5.91 Å². The Morgan fingerprint density at radius 3 is 3.05 bits per heavy atom. The van der Waals surface area contributed by atoms with Gasteiger partial charge < -0.3 is 15.4 Å².